The van der Waals surface area contributed by atoms with E-state index in [2.05, 4.69) is 27.8 Å². The second-order valence-electron chi connectivity index (χ2n) is 6.83. The predicted octanol–water partition coefficient (Wildman–Crippen LogP) is 3.99. The third kappa shape index (κ3) is 6.17. The molecular weight excluding hydrogens is 541 g/mol. The first kappa shape index (κ1) is 26.0. The van der Waals surface area contributed by atoms with Gasteiger partial charge in [-0.05, 0) is 30.0 Å². The number of fused-ring (bicyclic) bond motifs is 1. The standard InChI is InChI=1S/C23H29N3O4S.HI/c1-24-23(26-14-17(27)20-13-16-7-5-6-8-19(16)31-20)25-12-11-15-9-10-18(28-2)22(30-4)21(15)29-3;/h5-10,13,17,27H,11-12,14H2,1-4H3,(H2,24,25,26);1H. The van der Waals surface area contributed by atoms with Crippen LogP contribution in [0.3, 0.4) is 0 Å². The van der Waals surface area contributed by atoms with Crippen LogP contribution >= 0.6 is 35.3 Å². The first-order chi connectivity index (χ1) is 15.1. The van der Waals surface area contributed by atoms with Crippen molar-refractivity contribution in [1.29, 1.82) is 0 Å². The van der Waals surface area contributed by atoms with E-state index in [0.29, 0.717) is 42.7 Å². The molecule has 0 fully saturated rings. The number of aliphatic hydroxyl groups excluding tert-OH is 1. The number of nitrogens with zero attached hydrogens (tertiary/aromatic N) is 1. The number of nitrogens with one attached hydrogen (secondary N) is 2. The van der Waals surface area contributed by atoms with Crippen LogP contribution in [0.1, 0.15) is 16.5 Å². The molecule has 0 aliphatic rings. The van der Waals surface area contributed by atoms with Gasteiger partial charge in [0.15, 0.2) is 17.5 Å². The molecule has 7 nitrogen and oxygen atoms in total. The monoisotopic (exact) mass is 571 g/mol. The minimum Gasteiger partial charge on any atom is -0.493 e. The van der Waals surface area contributed by atoms with Gasteiger partial charge in [0.25, 0.3) is 0 Å². The van der Waals surface area contributed by atoms with Gasteiger partial charge in [-0.15, -0.1) is 35.3 Å². The highest BCUT2D eigenvalue weighted by Gasteiger charge is 2.16. The van der Waals surface area contributed by atoms with E-state index in [-0.39, 0.29) is 24.0 Å². The largest absolute Gasteiger partial charge is 0.493 e. The topological polar surface area (TPSA) is 84.3 Å². The van der Waals surface area contributed by atoms with Gasteiger partial charge in [0, 0.05) is 35.3 Å². The second-order valence-corrected chi connectivity index (χ2v) is 7.94. The van der Waals surface area contributed by atoms with Gasteiger partial charge in [-0.1, -0.05) is 24.3 Å². The highest BCUT2D eigenvalue weighted by Crippen LogP contribution is 2.39. The van der Waals surface area contributed by atoms with Gasteiger partial charge in [-0.2, -0.15) is 0 Å². The molecule has 1 atom stereocenters. The van der Waals surface area contributed by atoms with Gasteiger partial charge in [-0.3, -0.25) is 4.99 Å². The molecule has 3 aromatic rings. The lowest BCUT2D eigenvalue weighted by atomic mass is 10.1. The Balaban J connectivity index is 0.00000363. The number of aliphatic hydroxyl groups is 1. The van der Waals surface area contributed by atoms with Crippen LogP contribution in [0.15, 0.2) is 47.5 Å². The van der Waals surface area contributed by atoms with Gasteiger partial charge in [0.2, 0.25) is 5.75 Å². The fourth-order valence-corrected chi connectivity index (χ4v) is 4.41. The third-order valence-corrected chi connectivity index (χ3v) is 6.15. The number of hydrogen-bond acceptors (Lipinski definition) is 6. The first-order valence-corrected chi connectivity index (χ1v) is 10.8. The average Bonchev–Trinajstić information content (AvgIpc) is 3.24. The van der Waals surface area contributed by atoms with E-state index in [1.165, 1.54) is 4.70 Å². The minimum absolute atomic E-state index is 0. The van der Waals surface area contributed by atoms with E-state index in [1.54, 1.807) is 39.7 Å². The number of hydrogen-bond donors (Lipinski definition) is 3. The summed E-state index contributed by atoms with van der Waals surface area (Å²) in [6.45, 7) is 0.997. The summed E-state index contributed by atoms with van der Waals surface area (Å²) >= 11 is 1.60. The van der Waals surface area contributed by atoms with Gasteiger partial charge < -0.3 is 30.0 Å². The normalized spacial score (nSPS) is 12.1. The van der Waals surface area contributed by atoms with Crippen LogP contribution < -0.4 is 24.8 Å². The van der Waals surface area contributed by atoms with E-state index in [9.17, 15) is 5.11 Å². The molecule has 2 aromatic carbocycles. The van der Waals surface area contributed by atoms with Gasteiger partial charge >= 0.3 is 0 Å². The molecule has 174 valence electrons. The molecule has 1 aromatic heterocycles. The fraction of sp³-hybridized carbons (Fsp3) is 0.348. The SMILES string of the molecule is CN=C(NCCc1ccc(OC)c(OC)c1OC)NCC(O)c1cc2ccccc2s1.I. The number of benzene rings is 2. The van der Waals surface area contributed by atoms with Crippen molar-refractivity contribution in [3.8, 4) is 17.2 Å². The zero-order chi connectivity index (χ0) is 22.2. The van der Waals surface area contributed by atoms with Crippen molar-refractivity contribution in [2.45, 2.75) is 12.5 Å². The molecule has 0 amide bonds. The Labute approximate surface area is 209 Å². The van der Waals surface area contributed by atoms with Crippen LogP contribution in [0.25, 0.3) is 10.1 Å². The summed E-state index contributed by atoms with van der Waals surface area (Å²) in [5, 5.41) is 18.2. The average molecular weight is 571 g/mol. The van der Waals surface area contributed by atoms with Crippen molar-refractivity contribution < 1.29 is 19.3 Å². The van der Waals surface area contributed by atoms with E-state index in [0.717, 1.165) is 15.8 Å². The number of ether oxygens (including phenoxy) is 3. The number of thiophene rings is 1. The molecule has 1 heterocycles. The lowest BCUT2D eigenvalue weighted by molar-refractivity contribution is 0.184. The molecule has 3 rings (SSSR count). The van der Waals surface area contributed by atoms with Crippen LogP contribution in [-0.4, -0.2) is 52.5 Å². The van der Waals surface area contributed by atoms with E-state index < -0.39 is 6.10 Å². The maximum atomic E-state index is 10.6. The Kier molecular flexibility index (Phi) is 10.3. The second kappa shape index (κ2) is 12.7. The molecule has 0 spiro atoms. The predicted molar refractivity (Wildman–Crippen MR) is 141 cm³/mol. The maximum Gasteiger partial charge on any atom is 0.203 e. The Bertz CT molecular complexity index is 1010. The highest BCUT2D eigenvalue weighted by atomic mass is 127. The van der Waals surface area contributed by atoms with Crippen molar-refractivity contribution in [1.82, 2.24) is 10.6 Å². The van der Waals surface area contributed by atoms with E-state index in [1.807, 2.05) is 30.3 Å². The fourth-order valence-electron chi connectivity index (χ4n) is 3.36. The number of methoxy groups -OCH3 is 3. The molecular formula is C23H30IN3O4S. The van der Waals surface area contributed by atoms with Crippen molar-refractivity contribution >= 4 is 51.4 Å². The molecule has 0 saturated heterocycles. The lowest BCUT2D eigenvalue weighted by Crippen LogP contribution is -2.40. The van der Waals surface area contributed by atoms with Crippen LogP contribution in [0.2, 0.25) is 0 Å². The van der Waals surface area contributed by atoms with Gasteiger partial charge in [0.1, 0.15) is 6.10 Å². The summed E-state index contributed by atoms with van der Waals surface area (Å²) in [4.78, 5) is 5.17. The van der Waals surface area contributed by atoms with Crippen LogP contribution in [0, 0.1) is 0 Å². The van der Waals surface area contributed by atoms with Crippen molar-refractivity contribution in [2.24, 2.45) is 4.99 Å². The summed E-state index contributed by atoms with van der Waals surface area (Å²) in [6, 6.07) is 14.0. The Morgan fingerprint density at radius 1 is 1.03 bits per heavy atom. The van der Waals surface area contributed by atoms with Gasteiger partial charge in [0.05, 0.1) is 21.3 Å². The lowest BCUT2D eigenvalue weighted by Gasteiger charge is -2.17. The first-order valence-electron chi connectivity index (χ1n) is 10.00. The number of halogens is 1. The van der Waals surface area contributed by atoms with Gasteiger partial charge in [-0.25, -0.2) is 0 Å². The molecule has 1 unspecified atom stereocenters. The van der Waals surface area contributed by atoms with E-state index in [4.69, 9.17) is 14.2 Å². The van der Waals surface area contributed by atoms with Crippen LogP contribution in [0.5, 0.6) is 17.2 Å². The Morgan fingerprint density at radius 2 is 1.78 bits per heavy atom. The summed E-state index contributed by atoms with van der Waals surface area (Å²) < 4.78 is 17.5. The zero-order valence-electron chi connectivity index (χ0n) is 18.7. The summed E-state index contributed by atoms with van der Waals surface area (Å²) in [6.07, 6.45) is 0.0882. The molecule has 0 aliphatic carbocycles. The van der Waals surface area contributed by atoms with Crippen molar-refractivity contribution in [2.75, 3.05) is 41.5 Å². The highest BCUT2D eigenvalue weighted by molar-refractivity contribution is 14.0. The molecule has 3 N–H and O–H groups in total. The molecule has 0 radical (unpaired) electrons. The minimum atomic E-state index is -0.609. The maximum absolute atomic E-state index is 10.6. The van der Waals surface area contributed by atoms with E-state index >= 15 is 0 Å². The number of aliphatic imine (C=N–C) groups is 1. The molecule has 0 bridgehead atoms. The summed E-state index contributed by atoms with van der Waals surface area (Å²) in [5.74, 6) is 2.49. The molecule has 0 saturated carbocycles. The quantitative estimate of drug-likeness (QED) is 0.205. The smallest absolute Gasteiger partial charge is 0.203 e. The summed E-state index contributed by atoms with van der Waals surface area (Å²) in [7, 11) is 6.51. The molecule has 0 aliphatic heterocycles. The Hall–Kier alpha value is -2.24. The molecule has 32 heavy (non-hydrogen) atoms. The van der Waals surface area contributed by atoms with Crippen molar-refractivity contribution in [3.05, 3.63) is 52.9 Å². The molecule has 9 heteroatoms. The zero-order valence-corrected chi connectivity index (χ0v) is 21.8. The van der Waals surface area contributed by atoms with Crippen LogP contribution in [-0.2, 0) is 6.42 Å². The number of guanidine groups is 1. The Morgan fingerprint density at radius 3 is 2.44 bits per heavy atom. The summed E-state index contributed by atoms with van der Waals surface area (Å²) in [5.41, 5.74) is 0.994. The van der Waals surface area contributed by atoms with Crippen LogP contribution in [0.4, 0.5) is 0 Å². The number of rotatable bonds is 9. The van der Waals surface area contributed by atoms with Crippen molar-refractivity contribution in [3.63, 3.8) is 0 Å². The third-order valence-electron chi connectivity index (χ3n) is 4.93.